The van der Waals surface area contributed by atoms with Crippen LogP contribution in [0.15, 0.2) is 29.4 Å². The zero-order chi connectivity index (χ0) is 23.0. The van der Waals surface area contributed by atoms with Gasteiger partial charge >= 0.3 is 5.97 Å². The van der Waals surface area contributed by atoms with E-state index in [9.17, 15) is 14.4 Å². The van der Waals surface area contributed by atoms with Crippen molar-refractivity contribution in [3.05, 3.63) is 46.8 Å². The number of anilines is 1. The fourth-order valence-corrected chi connectivity index (χ4v) is 3.47. The van der Waals surface area contributed by atoms with Crippen LogP contribution in [-0.2, 0) is 20.7 Å². The third kappa shape index (κ3) is 7.79. The lowest BCUT2D eigenvalue weighted by Gasteiger charge is -2.10. The molecular formula is C23H29N3O4S. The number of aryl methyl sites for hydroxylation is 2. The molecule has 0 bridgehead atoms. The molecule has 0 fully saturated rings. The Morgan fingerprint density at radius 2 is 1.68 bits per heavy atom. The molecule has 1 aromatic heterocycles. The molecule has 0 unspecified atom stereocenters. The average molecular weight is 444 g/mol. The molecule has 2 rings (SSSR count). The Kier molecular flexibility index (Phi) is 9.18. The van der Waals surface area contributed by atoms with Crippen molar-refractivity contribution in [2.45, 2.75) is 52.1 Å². The van der Waals surface area contributed by atoms with Crippen LogP contribution >= 0.6 is 11.8 Å². The summed E-state index contributed by atoms with van der Waals surface area (Å²) in [4.78, 5) is 45.0. The maximum absolute atomic E-state index is 12.3. The van der Waals surface area contributed by atoms with Crippen LogP contribution in [0.5, 0.6) is 0 Å². The van der Waals surface area contributed by atoms with Crippen LogP contribution in [-0.4, -0.2) is 40.5 Å². The predicted molar refractivity (Wildman–Crippen MR) is 121 cm³/mol. The van der Waals surface area contributed by atoms with Gasteiger partial charge in [-0.05, 0) is 62.3 Å². The van der Waals surface area contributed by atoms with Gasteiger partial charge in [0.2, 0.25) is 5.91 Å². The topological polar surface area (TPSA) is 98.2 Å². The highest BCUT2D eigenvalue weighted by molar-refractivity contribution is 7.98. The Bertz CT molecular complexity index is 919. The maximum Gasteiger partial charge on any atom is 0.306 e. The summed E-state index contributed by atoms with van der Waals surface area (Å²) < 4.78 is 5.14. The van der Waals surface area contributed by atoms with Crippen molar-refractivity contribution in [1.82, 2.24) is 9.97 Å². The number of thioether (sulfide) groups is 1. The number of aromatic nitrogens is 2. The van der Waals surface area contributed by atoms with E-state index in [1.807, 2.05) is 34.0 Å². The number of hydrogen-bond donors (Lipinski definition) is 1. The van der Waals surface area contributed by atoms with Crippen LogP contribution in [0.1, 0.15) is 54.0 Å². The first kappa shape index (κ1) is 24.5. The van der Waals surface area contributed by atoms with Crippen LogP contribution in [0.3, 0.4) is 0 Å². The largest absolute Gasteiger partial charge is 0.457 e. The number of Topliss-reactive ketones (excluding diaryl/α,β-unsaturated/α-hetero) is 1. The van der Waals surface area contributed by atoms with Crippen molar-refractivity contribution < 1.29 is 19.1 Å². The minimum absolute atomic E-state index is 0.0676. The number of nitrogens with one attached hydrogen (secondary N) is 1. The minimum atomic E-state index is -0.446. The minimum Gasteiger partial charge on any atom is -0.457 e. The van der Waals surface area contributed by atoms with Crippen LogP contribution in [0.25, 0.3) is 0 Å². The van der Waals surface area contributed by atoms with Gasteiger partial charge in [-0.1, -0.05) is 25.6 Å². The molecule has 0 atom stereocenters. The van der Waals surface area contributed by atoms with E-state index in [1.54, 1.807) is 24.3 Å². The first-order valence-corrected chi connectivity index (χ1v) is 11.4. The second-order valence-electron chi connectivity index (χ2n) is 7.67. The van der Waals surface area contributed by atoms with Gasteiger partial charge in [-0.3, -0.25) is 14.4 Å². The van der Waals surface area contributed by atoms with Gasteiger partial charge in [-0.2, -0.15) is 0 Å². The molecule has 0 aliphatic rings. The monoisotopic (exact) mass is 443 g/mol. The van der Waals surface area contributed by atoms with Gasteiger partial charge in [0, 0.05) is 35.5 Å². The number of carbonyl (C=O) groups excluding carboxylic acids is 3. The number of nitrogens with zero attached hydrogens (tertiary/aromatic N) is 2. The number of ether oxygens (including phenoxy) is 1. The Balaban J connectivity index is 1.83. The van der Waals surface area contributed by atoms with E-state index in [-0.39, 0.29) is 30.6 Å². The quantitative estimate of drug-likeness (QED) is 0.255. The molecule has 7 nitrogen and oxygen atoms in total. The predicted octanol–water partition coefficient (Wildman–Crippen LogP) is 4.16. The van der Waals surface area contributed by atoms with Gasteiger partial charge in [0.05, 0.1) is 0 Å². The molecule has 0 radical (unpaired) electrons. The molecule has 31 heavy (non-hydrogen) atoms. The first-order valence-electron chi connectivity index (χ1n) is 10.2. The summed E-state index contributed by atoms with van der Waals surface area (Å²) in [6.45, 7) is 7.42. The fourth-order valence-electron chi connectivity index (χ4n) is 3.01. The van der Waals surface area contributed by atoms with E-state index in [2.05, 4.69) is 15.3 Å². The van der Waals surface area contributed by atoms with Crippen LogP contribution in [0.2, 0.25) is 0 Å². The third-order valence-electron chi connectivity index (χ3n) is 4.61. The number of hydrogen-bond acceptors (Lipinski definition) is 7. The van der Waals surface area contributed by atoms with Gasteiger partial charge < -0.3 is 10.1 Å². The molecule has 2 aromatic rings. The molecule has 1 amide bonds. The molecule has 0 aliphatic heterocycles. The average Bonchev–Trinajstić information content (AvgIpc) is 2.71. The highest BCUT2D eigenvalue weighted by Gasteiger charge is 2.14. The molecular weight excluding hydrogens is 414 g/mol. The summed E-state index contributed by atoms with van der Waals surface area (Å²) in [7, 11) is 0. The van der Waals surface area contributed by atoms with E-state index in [4.69, 9.17) is 4.74 Å². The molecule has 8 heteroatoms. The molecule has 166 valence electrons. The third-order valence-corrected chi connectivity index (χ3v) is 5.16. The Morgan fingerprint density at radius 1 is 1.06 bits per heavy atom. The number of rotatable bonds is 10. The normalized spacial score (nSPS) is 10.8. The van der Waals surface area contributed by atoms with Gasteiger partial charge in [0.15, 0.2) is 17.5 Å². The van der Waals surface area contributed by atoms with E-state index in [0.717, 1.165) is 17.0 Å². The summed E-state index contributed by atoms with van der Waals surface area (Å²) in [5.41, 5.74) is 3.67. The lowest BCUT2D eigenvalue weighted by atomic mass is 10.1. The van der Waals surface area contributed by atoms with Crippen molar-refractivity contribution in [1.29, 1.82) is 0 Å². The van der Waals surface area contributed by atoms with Gasteiger partial charge in [-0.25, -0.2) is 9.97 Å². The lowest BCUT2D eigenvalue weighted by molar-refractivity contribution is -0.142. The maximum atomic E-state index is 12.3. The van der Waals surface area contributed by atoms with Crippen LogP contribution in [0, 0.1) is 19.8 Å². The SMILES string of the molecule is CSc1nc(C)c(CCC(=O)OCC(=O)c2ccc(NC(=O)CC(C)C)cc2)c(C)n1. The summed E-state index contributed by atoms with van der Waals surface area (Å²) in [5.74, 6) is -0.542. The molecule has 1 N–H and O–H groups in total. The Labute approximate surface area is 187 Å². The molecule has 1 heterocycles. The standard InChI is InChI=1S/C23H29N3O4S/c1-14(2)12-21(28)26-18-8-6-17(7-9-18)20(27)13-30-22(29)11-10-19-15(3)24-23(31-5)25-16(19)4/h6-9,14H,10-13H2,1-5H3,(H,26,28). The first-order chi connectivity index (χ1) is 14.7. The van der Waals surface area contributed by atoms with E-state index < -0.39 is 5.97 Å². The lowest BCUT2D eigenvalue weighted by Crippen LogP contribution is -2.16. The molecule has 0 aliphatic carbocycles. The summed E-state index contributed by atoms with van der Waals surface area (Å²) in [6, 6.07) is 6.55. The van der Waals surface area contributed by atoms with Crippen LogP contribution < -0.4 is 5.32 Å². The molecule has 0 saturated heterocycles. The summed E-state index contributed by atoms with van der Waals surface area (Å²) in [5, 5.41) is 3.50. The van der Waals surface area contributed by atoms with Crippen molar-refractivity contribution in [2.75, 3.05) is 18.2 Å². The number of amides is 1. The van der Waals surface area contributed by atoms with Crippen molar-refractivity contribution in [3.63, 3.8) is 0 Å². The molecule has 0 spiro atoms. The van der Waals surface area contributed by atoms with Gasteiger partial charge in [-0.15, -0.1) is 0 Å². The number of benzene rings is 1. The Hall–Kier alpha value is -2.74. The number of ketones is 1. The highest BCUT2D eigenvalue weighted by atomic mass is 32.2. The van der Waals surface area contributed by atoms with Crippen molar-refractivity contribution >= 4 is 35.1 Å². The van der Waals surface area contributed by atoms with Crippen LogP contribution in [0.4, 0.5) is 5.69 Å². The smallest absolute Gasteiger partial charge is 0.306 e. The number of carbonyl (C=O) groups is 3. The van der Waals surface area contributed by atoms with Gasteiger partial charge in [0.25, 0.3) is 0 Å². The summed E-state index contributed by atoms with van der Waals surface area (Å²) >= 11 is 1.47. The molecule has 1 aromatic carbocycles. The number of esters is 1. The van der Waals surface area contributed by atoms with E-state index in [0.29, 0.717) is 29.2 Å². The highest BCUT2D eigenvalue weighted by Crippen LogP contribution is 2.17. The van der Waals surface area contributed by atoms with Crippen molar-refractivity contribution in [3.8, 4) is 0 Å². The van der Waals surface area contributed by atoms with Gasteiger partial charge in [0.1, 0.15) is 0 Å². The van der Waals surface area contributed by atoms with Crippen molar-refractivity contribution in [2.24, 2.45) is 5.92 Å². The second-order valence-corrected chi connectivity index (χ2v) is 8.44. The van der Waals surface area contributed by atoms with E-state index in [1.165, 1.54) is 11.8 Å². The second kappa shape index (κ2) is 11.6. The fraction of sp³-hybridized carbons (Fsp3) is 0.435. The summed E-state index contributed by atoms with van der Waals surface area (Å²) in [6.07, 6.45) is 2.96. The Morgan fingerprint density at radius 3 is 2.23 bits per heavy atom. The zero-order valence-electron chi connectivity index (χ0n) is 18.7. The van der Waals surface area contributed by atoms with E-state index >= 15 is 0 Å². The molecule has 0 saturated carbocycles. The zero-order valence-corrected chi connectivity index (χ0v) is 19.5.